The van der Waals surface area contributed by atoms with Gasteiger partial charge in [0.2, 0.25) is 5.91 Å². The van der Waals surface area contributed by atoms with Crippen molar-refractivity contribution in [2.45, 2.75) is 38.0 Å². The van der Waals surface area contributed by atoms with Gasteiger partial charge < -0.3 is 14.5 Å². The van der Waals surface area contributed by atoms with Crippen LogP contribution < -0.4 is 0 Å². The molecule has 2 fully saturated rings. The molecule has 1 aromatic carbocycles. The van der Waals surface area contributed by atoms with Gasteiger partial charge in [-0.2, -0.15) is 0 Å². The molecule has 1 amide bonds. The lowest BCUT2D eigenvalue weighted by atomic mass is 9.75. The summed E-state index contributed by atoms with van der Waals surface area (Å²) in [6.07, 6.45) is 4.02. The predicted octanol–water partition coefficient (Wildman–Crippen LogP) is 2.93. The largest absolute Gasteiger partial charge is 0.383 e. The molecule has 0 bridgehead atoms. The highest BCUT2D eigenvalue weighted by Crippen LogP contribution is 2.35. The van der Waals surface area contributed by atoms with Gasteiger partial charge in [-0.15, -0.1) is 0 Å². The van der Waals surface area contributed by atoms with Crippen molar-refractivity contribution in [2.75, 3.05) is 46.4 Å². The number of carbonyl (C=O) groups excluding carboxylic acids is 1. The Kier molecular flexibility index (Phi) is 6.13. The molecule has 3 rings (SSSR count). The highest BCUT2D eigenvalue weighted by Gasteiger charge is 2.37. The summed E-state index contributed by atoms with van der Waals surface area (Å²) in [5, 5.41) is 0. The lowest BCUT2D eigenvalue weighted by molar-refractivity contribution is -0.136. The quantitative estimate of drug-likeness (QED) is 0.795. The Labute approximate surface area is 152 Å². The van der Waals surface area contributed by atoms with Crippen molar-refractivity contribution in [3.05, 3.63) is 35.9 Å². The monoisotopic (exact) mass is 344 g/mol. The van der Waals surface area contributed by atoms with Gasteiger partial charge in [0.1, 0.15) is 0 Å². The van der Waals surface area contributed by atoms with Crippen molar-refractivity contribution < 1.29 is 9.53 Å². The van der Waals surface area contributed by atoms with Crippen LogP contribution >= 0.6 is 0 Å². The number of piperidine rings is 2. The van der Waals surface area contributed by atoms with Crippen LogP contribution in [0.5, 0.6) is 0 Å². The molecule has 25 heavy (non-hydrogen) atoms. The summed E-state index contributed by atoms with van der Waals surface area (Å²) in [7, 11) is 1.76. The van der Waals surface area contributed by atoms with Crippen molar-refractivity contribution in [3.63, 3.8) is 0 Å². The van der Waals surface area contributed by atoms with Gasteiger partial charge in [-0.25, -0.2) is 0 Å². The van der Waals surface area contributed by atoms with Crippen LogP contribution in [0, 0.1) is 5.92 Å². The summed E-state index contributed by atoms with van der Waals surface area (Å²) in [5.74, 6) is 0.982. The third-order valence-corrected chi connectivity index (χ3v) is 6.05. The van der Waals surface area contributed by atoms with Crippen LogP contribution in [0.2, 0.25) is 0 Å². The molecule has 4 heteroatoms. The summed E-state index contributed by atoms with van der Waals surface area (Å²) in [4.78, 5) is 17.1. The fourth-order valence-electron chi connectivity index (χ4n) is 4.30. The molecule has 0 saturated carbocycles. The highest BCUT2D eigenvalue weighted by molar-refractivity contribution is 5.77. The molecule has 0 unspecified atom stereocenters. The van der Waals surface area contributed by atoms with Gasteiger partial charge >= 0.3 is 0 Å². The van der Waals surface area contributed by atoms with E-state index >= 15 is 0 Å². The normalized spacial score (nSPS) is 26.2. The number of benzene rings is 1. The summed E-state index contributed by atoms with van der Waals surface area (Å²) in [6, 6.07) is 10.7. The third-order valence-electron chi connectivity index (χ3n) is 6.05. The van der Waals surface area contributed by atoms with Crippen LogP contribution in [0.4, 0.5) is 0 Å². The molecular formula is C21H32N2O2. The second-order valence-electron chi connectivity index (χ2n) is 7.98. The lowest BCUT2D eigenvalue weighted by Gasteiger charge is -2.43. The Hall–Kier alpha value is -1.39. The Morgan fingerprint density at radius 2 is 1.92 bits per heavy atom. The standard InChI is InChI=1S/C21H32N2O2/c1-21(19-6-4-3-5-7-19)11-8-20(24)23(17-21)16-18-9-12-22(13-10-18)14-15-25-2/h3-7,18H,8-17H2,1-2H3/t21-/m0/s1. The summed E-state index contributed by atoms with van der Waals surface area (Å²) < 4.78 is 5.18. The van der Waals surface area contributed by atoms with E-state index in [2.05, 4.69) is 47.1 Å². The average Bonchev–Trinajstić information content (AvgIpc) is 2.65. The first-order valence-corrected chi connectivity index (χ1v) is 9.65. The molecule has 2 aliphatic rings. The van der Waals surface area contributed by atoms with E-state index in [-0.39, 0.29) is 5.41 Å². The molecule has 0 radical (unpaired) electrons. The summed E-state index contributed by atoms with van der Waals surface area (Å²) in [5.41, 5.74) is 1.45. The second-order valence-corrected chi connectivity index (χ2v) is 7.98. The van der Waals surface area contributed by atoms with Gasteiger partial charge in [0.05, 0.1) is 6.61 Å². The zero-order valence-electron chi connectivity index (χ0n) is 15.7. The maximum atomic E-state index is 12.5. The number of hydrogen-bond donors (Lipinski definition) is 0. The molecule has 1 aromatic rings. The maximum absolute atomic E-state index is 12.5. The van der Waals surface area contributed by atoms with Gasteiger partial charge in [0.15, 0.2) is 0 Å². The first-order valence-electron chi connectivity index (χ1n) is 9.65. The number of carbonyl (C=O) groups is 1. The number of methoxy groups -OCH3 is 1. The second kappa shape index (κ2) is 8.33. The van der Waals surface area contributed by atoms with E-state index in [1.54, 1.807) is 7.11 Å². The van der Waals surface area contributed by atoms with Crippen molar-refractivity contribution in [1.29, 1.82) is 0 Å². The molecule has 1 atom stereocenters. The number of hydrogen-bond acceptors (Lipinski definition) is 3. The van der Waals surface area contributed by atoms with Gasteiger partial charge in [0.25, 0.3) is 0 Å². The number of likely N-dealkylation sites (tertiary alicyclic amines) is 2. The number of ether oxygens (including phenoxy) is 1. The van der Waals surface area contributed by atoms with E-state index in [0.29, 0.717) is 18.2 Å². The van der Waals surface area contributed by atoms with Crippen LogP contribution in [-0.2, 0) is 14.9 Å². The van der Waals surface area contributed by atoms with Gasteiger partial charge in [0, 0.05) is 38.6 Å². The zero-order chi connectivity index (χ0) is 17.7. The molecule has 2 heterocycles. The maximum Gasteiger partial charge on any atom is 0.222 e. The Morgan fingerprint density at radius 3 is 2.60 bits per heavy atom. The van der Waals surface area contributed by atoms with Crippen LogP contribution in [0.1, 0.15) is 38.2 Å². The van der Waals surface area contributed by atoms with Crippen molar-refractivity contribution in [2.24, 2.45) is 5.92 Å². The van der Waals surface area contributed by atoms with Crippen molar-refractivity contribution >= 4 is 5.91 Å². The van der Waals surface area contributed by atoms with Crippen LogP contribution in [-0.4, -0.2) is 62.1 Å². The number of nitrogens with zero attached hydrogens (tertiary/aromatic N) is 2. The van der Waals surface area contributed by atoms with Gasteiger partial charge in [-0.05, 0) is 43.8 Å². The first kappa shape index (κ1) is 18.4. The van der Waals surface area contributed by atoms with E-state index in [9.17, 15) is 4.79 Å². The SMILES string of the molecule is COCCN1CCC(CN2C[C@@](C)(c3ccccc3)CCC2=O)CC1. The summed E-state index contributed by atoms with van der Waals surface area (Å²) >= 11 is 0. The van der Waals surface area contributed by atoms with Gasteiger partial charge in [-0.3, -0.25) is 4.79 Å². The first-order chi connectivity index (χ1) is 12.1. The molecule has 2 aliphatic heterocycles. The van der Waals surface area contributed by atoms with Crippen LogP contribution in [0.15, 0.2) is 30.3 Å². The van der Waals surface area contributed by atoms with E-state index in [4.69, 9.17) is 4.74 Å². The minimum absolute atomic E-state index is 0.0916. The minimum Gasteiger partial charge on any atom is -0.383 e. The molecule has 4 nitrogen and oxygen atoms in total. The molecule has 2 saturated heterocycles. The average molecular weight is 344 g/mol. The predicted molar refractivity (Wildman–Crippen MR) is 101 cm³/mol. The zero-order valence-corrected chi connectivity index (χ0v) is 15.7. The minimum atomic E-state index is 0.0916. The van der Waals surface area contributed by atoms with E-state index in [1.165, 1.54) is 18.4 Å². The Balaban J connectivity index is 1.56. The van der Waals surface area contributed by atoms with Crippen molar-refractivity contribution in [3.8, 4) is 0 Å². The molecule has 0 aliphatic carbocycles. The number of amides is 1. The highest BCUT2D eigenvalue weighted by atomic mass is 16.5. The van der Waals surface area contributed by atoms with Crippen LogP contribution in [0.25, 0.3) is 0 Å². The van der Waals surface area contributed by atoms with Gasteiger partial charge in [-0.1, -0.05) is 37.3 Å². The Bertz CT molecular complexity index is 554. The molecule has 0 aromatic heterocycles. The van der Waals surface area contributed by atoms with E-state index < -0.39 is 0 Å². The molecule has 0 spiro atoms. The molecule has 138 valence electrons. The third kappa shape index (κ3) is 4.62. The fraction of sp³-hybridized carbons (Fsp3) is 0.667. The fourth-order valence-corrected chi connectivity index (χ4v) is 4.30. The summed E-state index contributed by atoms with van der Waals surface area (Å²) in [6.45, 7) is 8.20. The number of rotatable bonds is 6. The lowest BCUT2D eigenvalue weighted by Crippen LogP contribution is -2.50. The molecular weight excluding hydrogens is 312 g/mol. The molecule has 0 N–H and O–H groups in total. The van der Waals surface area contributed by atoms with E-state index in [1.807, 2.05) is 0 Å². The van der Waals surface area contributed by atoms with Crippen LogP contribution in [0.3, 0.4) is 0 Å². The smallest absolute Gasteiger partial charge is 0.222 e. The topological polar surface area (TPSA) is 32.8 Å². The Morgan fingerprint density at radius 1 is 1.20 bits per heavy atom. The van der Waals surface area contributed by atoms with Crippen molar-refractivity contribution in [1.82, 2.24) is 9.80 Å². The van der Waals surface area contributed by atoms with E-state index in [0.717, 1.165) is 45.8 Å².